The second-order valence-electron chi connectivity index (χ2n) is 4.78. The van der Waals surface area contributed by atoms with Crippen LogP contribution in [-0.4, -0.2) is 23.5 Å². The molecular formula is C15H8Cl6N2O3. The summed E-state index contributed by atoms with van der Waals surface area (Å²) in [6.45, 7) is -0.441. The summed E-state index contributed by atoms with van der Waals surface area (Å²) in [5.41, 5.74) is 0.302. The zero-order valence-electron chi connectivity index (χ0n) is 12.6. The monoisotopic (exact) mass is 474 g/mol. The van der Waals surface area contributed by atoms with Gasteiger partial charge in [-0.25, -0.2) is 9.78 Å². The molecule has 0 spiro atoms. The number of carbonyl (C=O) groups is 2. The third-order valence-electron chi connectivity index (χ3n) is 3.00. The van der Waals surface area contributed by atoms with Crippen LogP contribution in [0, 0.1) is 0 Å². The second kappa shape index (κ2) is 9.31. The van der Waals surface area contributed by atoms with E-state index in [2.05, 4.69) is 10.3 Å². The molecule has 1 heterocycles. The molecule has 0 unspecified atom stereocenters. The molecule has 2 rings (SSSR count). The van der Waals surface area contributed by atoms with Crippen LogP contribution in [0.4, 0.5) is 0 Å². The molecule has 5 nitrogen and oxygen atoms in total. The van der Waals surface area contributed by atoms with Gasteiger partial charge in [-0.15, -0.1) is 0 Å². The maximum atomic E-state index is 12.0. The predicted octanol–water partition coefficient (Wildman–Crippen LogP) is 5.48. The molecule has 0 atom stereocenters. The van der Waals surface area contributed by atoms with E-state index >= 15 is 0 Å². The lowest BCUT2D eigenvalue weighted by atomic mass is 10.2. The second-order valence-corrected chi connectivity index (χ2v) is 7.12. The first kappa shape index (κ1) is 21.4. The number of hydrogen-bond acceptors (Lipinski definition) is 4. The lowest BCUT2D eigenvalue weighted by molar-refractivity contribution is -0.124. The fraction of sp³-hybridized carbons (Fsp3) is 0.133. The fourth-order valence-corrected chi connectivity index (χ4v) is 3.01. The minimum Gasteiger partial charge on any atom is -0.451 e. The highest BCUT2D eigenvalue weighted by molar-refractivity contribution is 6.52. The number of esters is 1. The molecule has 0 saturated carbocycles. The number of halogens is 6. The Bertz CT molecular complexity index is 875. The summed E-state index contributed by atoms with van der Waals surface area (Å²) in [4.78, 5) is 27.5. The number of amides is 1. The molecule has 1 N–H and O–H groups in total. The minimum atomic E-state index is -0.977. The fourth-order valence-electron chi connectivity index (χ4n) is 1.73. The molecule has 0 fully saturated rings. The van der Waals surface area contributed by atoms with Crippen molar-refractivity contribution in [1.82, 2.24) is 10.3 Å². The van der Waals surface area contributed by atoms with Crippen molar-refractivity contribution < 1.29 is 14.3 Å². The largest absolute Gasteiger partial charge is 0.451 e. The van der Waals surface area contributed by atoms with Gasteiger partial charge >= 0.3 is 5.97 Å². The highest BCUT2D eigenvalue weighted by atomic mass is 35.5. The van der Waals surface area contributed by atoms with Gasteiger partial charge in [0.1, 0.15) is 5.15 Å². The summed E-state index contributed by atoms with van der Waals surface area (Å²) in [6.07, 6.45) is 0. The van der Waals surface area contributed by atoms with Gasteiger partial charge in [0.05, 0.1) is 15.1 Å². The number of pyridine rings is 1. The number of ether oxygens (including phenoxy) is 1. The molecule has 138 valence electrons. The third kappa shape index (κ3) is 5.28. The summed E-state index contributed by atoms with van der Waals surface area (Å²) in [6, 6.07) is 4.85. The van der Waals surface area contributed by atoms with E-state index in [4.69, 9.17) is 74.3 Å². The predicted molar refractivity (Wildman–Crippen MR) is 103 cm³/mol. The van der Waals surface area contributed by atoms with E-state index in [1.807, 2.05) is 0 Å². The summed E-state index contributed by atoms with van der Waals surface area (Å²) in [5, 5.41) is 2.75. The molecular weight excluding hydrogens is 469 g/mol. The number of benzene rings is 1. The van der Waals surface area contributed by atoms with Gasteiger partial charge in [-0.05, 0) is 17.7 Å². The van der Waals surface area contributed by atoms with Crippen molar-refractivity contribution in [2.45, 2.75) is 6.54 Å². The first-order valence-corrected chi connectivity index (χ1v) is 9.05. The Labute approximate surface area is 178 Å². The maximum Gasteiger partial charge on any atom is 0.359 e. The molecule has 2 aromatic rings. The van der Waals surface area contributed by atoms with Gasteiger partial charge in [0, 0.05) is 16.6 Å². The average molecular weight is 477 g/mol. The van der Waals surface area contributed by atoms with E-state index in [1.165, 1.54) is 0 Å². The Morgan fingerprint density at radius 2 is 1.69 bits per heavy atom. The smallest absolute Gasteiger partial charge is 0.359 e. The number of nitrogens with zero attached hydrogens (tertiary/aromatic N) is 1. The van der Waals surface area contributed by atoms with Crippen molar-refractivity contribution in [2.75, 3.05) is 6.61 Å². The quantitative estimate of drug-likeness (QED) is 0.458. The lowest BCUT2D eigenvalue weighted by Crippen LogP contribution is -2.28. The maximum absolute atomic E-state index is 12.0. The lowest BCUT2D eigenvalue weighted by Gasteiger charge is -2.09. The van der Waals surface area contributed by atoms with Crippen LogP contribution in [0.1, 0.15) is 16.1 Å². The van der Waals surface area contributed by atoms with Crippen LogP contribution in [0.3, 0.4) is 0 Å². The van der Waals surface area contributed by atoms with E-state index in [0.29, 0.717) is 15.6 Å². The Balaban J connectivity index is 1.94. The molecule has 0 bridgehead atoms. The van der Waals surface area contributed by atoms with Crippen LogP contribution in [0.15, 0.2) is 18.2 Å². The standard InChI is InChI=1S/C15H8Cl6N2O3/c16-7-2-1-6(8(17)3-7)4-22-9(24)5-26-15(25)13-11(19)10(18)12(20)14(21)23-13/h1-3H,4-5H2,(H,22,24). The zero-order chi connectivity index (χ0) is 19.4. The molecule has 1 aromatic carbocycles. The molecule has 11 heteroatoms. The van der Waals surface area contributed by atoms with Gasteiger partial charge < -0.3 is 10.1 Å². The molecule has 0 aliphatic rings. The Kier molecular flexibility index (Phi) is 7.64. The van der Waals surface area contributed by atoms with Crippen LogP contribution < -0.4 is 5.32 Å². The topological polar surface area (TPSA) is 68.3 Å². The van der Waals surface area contributed by atoms with E-state index in [1.54, 1.807) is 18.2 Å². The van der Waals surface area contributed by atoms with Crippen LogP contribution in [0.2, 0.25) is 30.3 Å². The molecule has 0 aliphatic heterocycles. The molecule has 0 saturated heterocycles. The average Bonchev–Trinajstić information content (AvgIpc) is 2.60. The number of rotatable bonds is 5. The van der Waals surface area contributed by atoms with Crippen molar-refractivity contribution in [3.05, 3.63) is 59.7 Å². The molecule has 0 aliphatic carbocycles. The third-order valence-corrected chi connectivity index (χ3v) is 5.27. The summed E-state index contributed by atoms with van der Waals surface area (Å²) < 4.78 is 4.85. The number of carbonyl (C=O) groups excluding carboxylic acids is 2. The van der Waals surface area contributed by atoms with Crippen LogP contribution in [0.25, 0.3) is 0 Å². The van der Waals surface area contributed by atoms with Crippen molar-refractivity contribution in [3.63, 3.8) is 0 Å². The van der Waals surface area contributed by atoms with E-state index < -0.39 is 18.5 Å². The van der Waals surface area contributed by atoms with Gasteiger partial charge in [0.15, 0.2) is 12.3 Å². The SMILES string of the molecule is O=C(COC(=O)c1nc(Cl)c(Cl)c(Cl)c1Cl)NCc1ccc(Cl)cc1Cl. The summed E-state index contributed by atoms with van der Waals surface area (Å²) in [5.74, 6) is -1.54. The highest BCUT2D eigenvalue weighted by Gasteiger charge is 2.22. The van der Waals surface area contributed by atoms with Crippen LogP contribution in [0.5, 0.6) is 0 Å². The van der Waals surface area contributed by atoms with Gasteiger partial charge in [0.25, 0.3) is 5.91 Å². The number of hydrogen-bond donors (Lipinski definition) is 1. The first-order valence-electron chi connectivity index (χ1n) is 6.78. The number of aromatic nitrogens is 1. The van der Waals surface area contributed by atoms with Crippen molar-refractivity contribution in [1.29, 1.82) is 0 Å². The Morgan fingerprint density at radius 1 is 1.00 bits per heavy atom. The zero-order valence-corrected chi connectivity index (χ0v) is 17.1. The van der Waals surface area contributed by atoms with Crippen LogP contribution in [-0.2, 0) is 16.1 Å². The van der Waals surface area contributed by atoms with Gasteiger partial charge in [0.2, 0.25) is 0 Å². The minimum absolute atomic E-state index is 0.0903. The molecule has 1 aromatic heterocycles. The van der Waals surface area contributed by atoms with E-state index in [-0.39, 0.29) is 32.5 Å². The van der Waals surface area contributed by atoms with Gasteiger partial charge in [-0.1, -0.05) is 75.7 Å². The molecule has 0 radical (unpaired) electrons. The summed E-state index contributed by atoms with van der Waals surface area (Å²) in [7, 11) is 0. The first-order chi connectivity index (χ1) is 12.2. The Morgan fingerprint density at radius 3 is 2.35 bits per heavy atom. The normalized spacial score (nSPS) is 10.5. The Hall–Kier alpha value is -0.950. The number of nitrogens with one attached hydrogen (secondary N) is 1. The summed E-state index contributed by atoms with van der Waals surface area (Å²) >= 11 is 35.0. The van der Waals surface area contributed by atoms with Crippen molar-refractivity contribution in [2.24, 2.45) is 0 Å². The van der Waals surface area contributed by atoms with Crippen molar-refractivity contribution >= 4 is 81.5 Å². The molecule has 1 amide bonds. The van der Waals surface area contributed by atoms with Crippen molar-refractivity contribution in [3.8, 4) is 0 Å². The van der Waals surface area contributed by atoms with Crippen LogP contribution >= 0.6 is 69.6 Å². The highest BCUT2D eigenvalue weighted by Crippen LogP contribution is 2.36. The van der Waals surface area contributed by atoms with Gasteiger partial charge in [-0.3, -0.25) is 4.79 Å². The van der Waals surface area contributed by atoms with E-state index in [9.17, 15) is 9.59 Å². The molecule has 26 heavy (non-hydrogen) atoms. The van der Waals surface area contributed by atoms with Gasteiger partial charge in [-0.2, -0.15) is 0 Å². The van der Waals surface area contributed by atoms with E-state index in [0.717, 1.165) is 0 Å².